The number of hydrogen-bond acceptors (Lipinski definition) is 4. The summed E-state index contributed by atoms with van der Waals surface area (Å²) >= 11 is 0. The van der Waals surface area contributed by atoms with Gasteiger partial charge in [-0.1, -0.05) is 12.1 Å². The normalized spacial score (nSPS) is 10.4. The Bertz CT molecular complexity index is 683. The number of hydrogen-bond donors (Lipinski definition) is 1. The van der Waals surface area contributed by atoms with E-state index in [1.807, 2.05) is 36.4 Å². The Hall–Kier alpha value is -2.62. The molecule has 2 heterocycles. The first-order chi connectivity index (χ1) is 8.84. The summed E-state index contributed by atoms with van der Waals surface area (Å²) in [4.78, 5) is 8.27. The average Bonchev–Trinajstić information content (AvgIpc) is 2.43. The Labute approximate surface area is 104 Å². The van der Waals surface area contributed by atoms with Crippen molar-refractivity contribution in [3.63, 3.8) is 0 Å². The van der Waals surface area contributed by atoms with Gasteiger partial charge in [-0.3, -0.25) is 9.97 Å². The predicted octanol–water partition coefficient (Wildman–Crippen LogP) is 3.00. The van der Waals surface area contributed by atoms with E-state index in [9.17, 15) is 0 Å². The van der Waals surface area contributed by atoms with E-state index in [-0.39, 0.29) is 0 Å². The summed E-state index contributed by atoms with van der Waals surface area (Å²) in [5.74, 6) is 1.27. The predicted molar refractivity (Wildman–Crippen MR) is 70.5 cm³/mol. The summed E-state index contributed by atoms with van der Waals surface area (Å²) in [6, 6.07) is 11.4. The van der Waals surface area contributed by atoms with Crippen molar-refractivity contribution in [1.29, 1.82) is 0 Å². The molecule has 0 amide bonds. The van der Waals surface area contributed by atoms with Crippen LogP contribution in [0, 0.1) is 0 Å². The van der Waals surface area contributed by atoms with Crippen LogP contribution in [0.2, 0.25) is 0 Å². The summed E-state index contributed by atoms with van der Waals surface area (Å²) in [6.07, 6.45) is 4.95. The number of para-hydroxylation sites is 1. The summed E-state index contributed by atoms with van der Waals surface area (Å²) < 4.78 is 5.79. The summed E-state index contributed by atoms with van der Waals surface area (Å²) in [5.41, 5.74) is 7.29. The van der Waals surface area contributed by atoms with Gasteiger partial charge in [0.05, 0.1) is 23.6 Å². The maximum absolute atomic E-state index is 5.93. The highest BCUT2D eigenvalue weighted by atomic mass is 16.5. The first-order valence-electron chi connectivity index (χ1n) is 5.56. The number of aromatic nitrogens is 2. The quantitative estimate of drug-likeness (QED) is 0.744. The van der Waals surface area contributed by atoms with Gasteiger partial charge in [-0.05, 0) is 24.3 Å². The molecule has 0 saturated heterocycles. The third-order valence-corrected chi connectivity index (χ3v) is 2.61. The Morgan fingerprint density at radius 1 is 1.00 bits per heavy atom. The van der Waals surface area contributed by atoms with Crippen molar-refractivity contribution < 1.29 is 4.74 Å². The Kier molecular flexibility index (Phi) is 2.53. The van der Waals surface area contributed by atoms with Gasteiger partial charge in [0.1, 0.15) is 5.75 Å². The summed E-state index contributed by atoms with van der Waals surface area (Å²) in [7, 11) is 0. The number of anilines is 1. The number of ether oxygens (including phenoxy) is 1. The van der Waals surface area contributed by atoms with Crippen LogP contribution in [0.25, 0.3) is 10.9 Å². The van der Waals surface area contributed by atoms with Gasteiger partial charge in [0.15, 0.2) is 5.75 Å². The zero-order valence-electron chi connectivity index (χ0n) is 9.58. The second-order valence-corrected chi connectivity index (χ2v) is 3.85. The van der Waals surface area contributed by atoms with Crippen LogP contribution in [0.4, 0.5) is 5.69 Å². The molecule has 0 radical (unpaired) electrons. The fourth-order valence-electron chi connectivity index (χ4n) is 1.77. The molecule has 2 N–H and O–H groups in total. The molecule has 88 valence electrons. The summed E-state index contributed by atoms with van der Waals surface area (Å²) in [6.45, 7) is 0. The number of nitrogens with zero attached hydrogens (tertiary/aromatic N) is 2. The van der Waals surface area contributed by atoms with Gasteiger partial charge >= 0.3 is 0 Å². The van der Waals surface area contributed by atoms with Crippen LogP contribution in [0.3, 0.4) is 0 Å². The lowest BCUT2D eigenvalue weighted by atomic mass is 10.2. The highest BCUT2D eigenvalue weighted by molar-refractivity contribution is 5.89. The molecule has 0 spiro atoms. The molecule has 0 saturated carbocycles. The van der Waals surface area contributed by atoms with Gasteiger partial charge in [-0.25, -0.2) is 0 Å². The lowest BCUT2D eigenvalue weighted by Crippen LogP contribution is -1.95. The lowest BCUT2D eigenvalue weighted by Gasteiger charge is -2.10. The Morgan fingerprint density at radius 2 is 1.89 bits per heavy atom. The molecule has 4 heteroatoms. The highest BCUT2D eigenvalue weighted by Gasteiger charge is 2.08. The number of nitrogen functional groups attached to an aromatic ring is 1. The van der Waals surface area contributed by atoms with E-state index in [0.29, 0.717) is 17.2 Å². The molecule has 3 aromatic rings. The minimum Gasteiger partial charge on any atom is -0.453 e. The van der Waals surface area contributed by atoms with Crippen molar-refractivity contribution in [1.82, 2.24) is 9.97 Å². The molecule has 0 fully saturated rings. The third-order valence-electron chi connectivity index (χ3n) is 2.61. The molecule has 2 aromatic heterocycles. The Balaban J connectivity index is 2.13. The number of fused-ring (bicyclic) bond motifs is 1. The van der Waals surface area contributed by atoms with Crippen molar-refractivity contribution in [2.24, 2.45) is 0 Å². The lowest BCUT2D eigenvalue weighted by molar-refractivity contribution is 0.488. The molecule has 0 aliphatic rings. The number of nitrogens with two attached hydrogens (primary N) is 1. The molecular weight excluding hydrogens is 226 g/mol. The van der Waals surface area contributed by atoms with E-state index in [4.69, 9.17) is 10.5 Å². The van der Waals surface area contributed by atoms with Gasteiger partial charge in [-0.15, -0.1) is 0 Å². The zero-order chi connectivity index (χ0) is 12.4. The maximum Gasteiger partial charge on any atom is 0.161 e. The van der Waals surface area contributed by atoms with Crippen LogP contribution in [0.1, 0.15) is 0 Å². The van der Waals surface area contributed by atoms with Gasteiger partial charge in [0, 0.05) is 11.6 Å². The maximum atomic E-state index is 5.93. The van der Waals surface area contributed by atoms with Crippen LogP contribution in [-0.4, -0.2) is 9.97 Å². The van der Waals surface area contributed by atoms with Crippen LogP contribution < -0.4 is 10.5 Å². The van der Waals surface area contributed by atoms with E-state index in [1.54, 1.807) is 18.6 Å². The second kappa shape index (κ2) is 4.33. The van der Waals surface area contributed by atoms with Gasteiger partial charge in [0.25, 0.3) is 0 Å². The van der Waals surface area contributed by atoms with Crippen LogP contribution in [0.5, 0.6) is 11.5 Å². The number of pyridine rings is 2. The molecule has 1 aromatic carbocycles. The summed E-state index contributed by atoms with van der Waals surface area (Å²) in [5, 5.41) is 0.890. The highest BCUT2D eigenvalue weighted by Crippen LogP contribution is 2.33. The molecule has 18 heavy (non-hydrogen) atoms. The van der Waals surface area contributed by atoms with Gasteiger partial charge in [0.2, 0.25) is 0 Å². The molecule has 0 aliphatic heterocycles. The molecule has 0 unspecified atom stereocenters. The molecule has 0 atom stereocenters. The number of benzene rings is 1. The molecule has 0 bridgehead atoms. The van der Waals surface area contributed by atoms with Crippen molar-refractivity contribution in [3.05, 3.63) is 55.0 Å². The largest absolute Gasteiger partial charge is 0.453 e. The van der Waals surface area contributed by atoms with E-state index < -0.39 is 0 Å². The Morgan fingerprint density at radius 3 is 2.72 bits per heavy atom. The van der Waals surface area contributed by atoms with Gasteiger partial charge < -0.3 is 10.5 Å². The number of rotatable bonds is 2. The van der Waals surface area contributed by atoms with E-state index in [0.717, 1.165) is 10.9 Å². The van der Waals surface area contributed by atoms with Crippen LogP contribution in [0.15, 0.2) is 55.0 Å². The molecule has 3 rings (SSSR count). The standard InChI is InChI=1S/C14H11N3O/c15-12-9-17-13-6-2-1-5-11(13)14(12)18-10-4-3-7-16-8-10/h1-9H,15H2. The van der Waals surface area contributed by atoms with Crippen molar-refractivity contribution in [2.45, 2.75) is 0 Å². The fourth-order valence-corrected chi connectivity index (χ4v) is 1.77. The first kappa shape index (κ1) is 10.5. The van der Waals surface area contributed by atoms with E-state index >= 15 is 0 Å². The van der Waals surface area contributed by atoms with E-state index in [2.05, 4.69) is 9.97 Å². The van der Waals surface area contributed by atoms with Crippen molar-refractivity contribution in [3.8, 4) is 11.5 Å². The van der Waals surface area contributed by atoms with Crippen LogP contribution in [-0.2, 0) is 0 Å². The van der Waals surface area contributed by atoms with Crippen LogP contribution >= 0.6 is 0 Å². The monoisotopic (exact) mass is 237 g/mol. The smallest absolute Gasteiger partial charge is 0.161 e. The first-order valence-corrected chi connectivity index (χ1v) is 5.56. The SMILES string of the molecule is Nc1cnc2ccccc2c1Oc1cccnc1. The molecule has 0 aliphatic carbocycles. The second-order valence-electron chi connectivity index (χ2n) is 3.85. The molecular formula is C14H11N3O. The minimum atomic E-state index is 0.512. The third kappa shape index (κ3) is 1.84. The van der Waals surface area contributed by atoms with Crippen molar-refractivity contribution in [2.75, 3.05) is 5.73 Å². The topological polar surface area (TPSA) is 61.0 Å². The fraction of sp³-hybridized carbons (Fsp3) is 0. The van der Waals surface area contributed by atoms with Crippen molar-refractivity contribution >= 4 is 16.6 Å². The zero-order valence-corrected chi connectivity index (χ0v) is 9.58. The van der Waals surface area contributed by atoms with Gasteiger partial charge in [-0.2, -0.15) is 0 Å². The average molecular weight is 237 g/mol. The molecule has 4 nitrogen and oxygen atoms in total. The minimum absolute atomic E-state index is 0.512. The van der Waals surface area contributed by atoms with E-state index in [1.165, 1.54) is 0 Å².